The summed E-state index contributed by atoms with van der Waals surface area (Å²) in [5.41, 5.74) is 1.61. The molecule has 1 rings (SSSR count). The molecule has 0 aromatic carbocycles. The zero-order chi connectivity index (χ0) is 8.97. The minimum atomic E-state index is -0.832. The van der Waals surface area contributed by atoms with Gasteiger partial charge in [-0.1, -0.05) is 13.3 Å². The van der Waals surface area contributed by atoms with E-state index in [4.69, 9.17) is 5.11 Å². The first-order chi connectivity index (χ1) is 5.72. The minimum absolute atomic E-state index is 0.0245. The monoisotopic (exact) mass is 168 g/mol. The highest BCUT2D eigenvalue weighted by atomic mass is 16.4. The molecule has 0 atom stereocenters. The lowest BCUT2D eigenvalue weighted by Crippen LogP contribution is -1.99. The number of carboxylic acids is 1. The Kier molecular flexibility index (Phi) is 2.85. The summed E-state index contributed by atoms with van der Waals surface area (Å²) in [4.78, 5) is 10.3. The first-order valence-corrected chi connectivity index (χ1v) is 3.97. The molecule has 1 aromatic rings. The highest BCUT2D eigenvalue weighted by Crippen LogP contribution is 2.02. The van der Waals surface area contributed by atoms with Crippen molar-refractivity contribution in [2.45, 2.75) is 26.2 Å². The van der Waals surface area contributed by atoms with Gasteiger partial charge in [0.05, 0.1) is 12.1 Å². The second kappa shape index (κ2) is 3.90. The van der Waals surface area contributed by atoms with Crippen molar-refractivity contribution in [1.29, 1.82) is 0 Å². The molecule has 0 aliphatic rings. The van der Waals surface area contributed by atoms with E-state index in [1.54, 1.807) is 6.07 Å². The van der Waals surface area contributed by atoms with Crippen LogP contribution in [0.1, 0.15) is 24.7 Å². The number of carbonyl (C=O) groups is 1. The number of aromatic amines is 1. The molecule has 4 heteroatoms. The van der Waals surface area contributed by atoms with Crippen LogP contribution in [0.3, 0.4) is 0 Å². The van der Waals surface area contributed by atoms with Gasteiger partial charge in [0, 0.05) is 5.69 Å². The van der Waals surface area contributed by atoms with Gasteiger partial charge in [-0.15, -0.1) is 0 Å². The van der Waals surface area contributed by atoms with Crippen molar-refractivity contribution in [2.75, 3.05) is 0 Å². The summed E-state index contributed by atoms with van der Waals surface area (Å²) < 4.78 is 0. The van der Waals surface area contributed by atoms with Crippen molar-refractivity contribution in [1.82, 2.24) is 10.2 Å². The fourth-order valence-electron chi connectivity index (χ4n) is 1.05. The molecule has 2 N–H and O–H groups in total. The number of carboxylic acid groups (broad SMARTS) is 1. The van der Waals surface area contributed by atoms with Crippen molar-refractivity contribution in [3.05, 3.63) is 17.5 Å². The maximum absolute atomic E-state index is 10.3. The maximum Gasteiger partial charge on any atom is 0.309 e. The molecule has 0 radical (unpaired) electrons. The Balaban J connectivity index is 2.58. The molecule has 0 saturated carbocycles. The quantitative estimate of drug-likeness (QED) is 0.704. The van der Waals surface area contributed by atoms with Crippen LogP contribution < -0.4 is 0 Å². The number of hydrogen-bond donors (Lipinski definition) is 2. The van der Waals surface area contributed by atoms with Gasteiger partial charge in [-0.25, -0.2) is 0 Å². The molecular formula is C8H12N2O2. The van der Waals surface area contributed by atoms with Crippen LogP contribution in [0.5, 0.6) is 0 Å². The molecule has 0 saturated heterocycles. The third-order valence-corrected chi connectivity index (χ3v) is 1.53. The van der Waals surface area contributed by atoms with Crippen LogP contribution in [0, 0.1) is 0 Å². The lowest BCUT2D eigenvalue weighted by atomic mass is 10.2. The van der Waals surface area contributed by atoms with Gasteiger partial charge in [0.25, 0.3) is 0 Å². The smallest absolute Gasteiger partial charge is 0.309 e. The van der Waals surface area contributed by atoms with Gasteiger partial charge < -0.3 is 5.11 Å². The predicted molar refractivity (Wildman–Crippen MR) is 43.9 cm³/mol. The number of hydrogen-bond acceptors (Lipinski definition) is 2. The highest BCUT2D eigenvalue weighted by molar-refractivity contribution is 5.69. The Morgan fingerprint density at radius 3 is 3.08 bits per heavy atom. The molecule has 0 fully saturated rings. The van der Waals surface area contributed by atoms with Gasteiger partial charge in [0.1, 0.15) is 0 Å². The van der Waals surface area contributed by atoms with E-state index in [0.29, 0.717) is 5.69 Å². The van der Waals surface area contributed by atoms with Crippen LogP contribution in [-0.4, -0.2) is 21.3 Å². The van der Waals surface area contributed by atoms with E-state index in [0.717, 1.165) is 18.5 Å². The largest absolute Gasteiger partial charge is 0.481 e. The number of aryl methyl sites for hydroxylation is 1. The molecule has 4 nitrogen and oxygen atoms in total. The normalized spacial score (nSPS) is 10.1. The van der Waals surface area contributed by atoms with E-state index in [1.165, 1.54) is 0 Å². The molecule has 0 unspecified atom stereocenters. The van der Waals surface area contributed by atoms with Crippen molar-refractivity contribution >= 4 is 5.97 Å². The standard InChI is InChI=1S/C8H12N2O2/c1-2-3-6-4-7(10-9-6)5-8(11)12/h4H,2-3,5H2,1H3,(H,9,10)(H,11,12). The van der Waals surface area contributed by atoms with Crippen molar-refractivity contribution in [3.63, 3.8) is 0 Å². The van der Waals surface area contributed by atoms with Crippen molar-refractivity contribution in [3.8, 4) is 0 Å². The Morgan fingerprint density at radius 2 is 2.50 bits per heavy atom. The molecule has 0 spiro atoms. The average molecular weight is 168 g/mol. The third kappa shape index (κ3) is 2.38. The summed E-state index contributed by atoms with van der Waals surface area (Å²) in [6.45, 7) is 2.06. The lowest BCUT2D eigenvalue weighted by molar-refractivity contribution is -0.136. The van der Waals surface area contributed by atoms with Gasteiger partial charge >= 0.3 is 5.97 Å². The fourth-order valence-corrected chi connectivity index (χ4v) is 1.05. The third-order valence-electron chi connectivity index (χ3n) is 1.53. The lowest BCUT2D eigenvalue weighted by Gasteiger charge is -1.87. The van der Waals surface area contributed by atoms with Crippen molar-refractivity contribution < 1.29 is 9.90 Å². The second-order valence-corrected chi connectivity index (χ2v) is 2.71. The van der Waals surface area contributed by atoms with E-state index in [1.807, 2.05) is 0 Å². The zero-order valence-corrected chi connectivity index (χ0v) is 7.00. The van der Waals surface area contributed by atoms with E-state index in [2.05, 4.69) is 17.1 Å². The topological polar surface area (TPSA) is 66.0 Å². The molecule has 1 heterocycles. The number of nitrogens with one attached hydrogen (secondary N) is 1. The Labute approximate surface area is 70.6 Å². The Hall–Kier alpha value is -1.32. The summed E-state index contributed by atoms with van der Waals surface area (Å²) in [6.07, 6.45) is 1.95. The molecule has 0 amide bonds. The number of nitrogens with zero attached hydrogens (tertiary/aromatic N) is 1. The van der Waals surface area contributed by atoms with E-state index < -0.39 is 5.97 Å². The van der Waals surface area contributed by atoms with Crippen LogP contribution in [0.25, 0.3) is 0 Å². The number of aliphatic carboxylic acids is 1. The minimum Gasteiger partial charge on any atom is -0.481 e. The maximum atomic E-state index is 10.3. The van der Waals surface area contributed by atoms with Gasteiger partial charge in [-0.2, -0.15) is 5.10 Å². The number of H-pyrrole nitrogens is 1. The molecule has 12 heavy (non-hydrogen) atoms. The average Bonchev–Trinajstić information content (AvgIpc) is 2.36. The fraction of sp³-hybridized carbons (Fsp3) is 0.500. The van der Waals surface area contributed by atoms with Crippen LogP contribution in [0.15, 0.2) is 6.07 Å². The van der Waals surface area contributed by atoms with Crippen LogP contribution in [-0.2, 0) is 17.6 Å². The summed E-state index contributed by atoms with van der Waals surface area (Å²) >= 11 is 0. The number of rotatable bonds is 4. The molecule has 0 bridgehead atoms. The molecule has 0 aliphatic carbocycles. The predicted octanol–water partition coefficient (Wildman–Crippen LogP) is 0.989. The van der Waals surface area contributed by atoms with Gasteiger partial charge in [0.15, 0.2) is 0 Å². The first-order valence-electron chi connectivity index (χ1n) is 3.97. The van der Waals surface area contributed by atoms with Gasteiger partial charge in [0.2, 0.25) is 0 Å². The van der Waals surface area contributed by atoms with E-state index in [-0.39, 0.29) is 6.42 Å². The zero-order valence-electron chi connectivity index (χ0n) is 7.00. The Bertz CT molecular complexity index is 268. The molecule has 1 aromatic heterocycles. The van der Waals surface area contributed by atoms with E-state index >= 15 is 0 Å². The van der Waals surface area contributed by atoms with Gasteiger partial charge in [-0.05, 0) is 12.5 Å². The first kappa shape index (κ1) is 8.77. The highest BCUT2D eigenvalue weighted by Gasteiger charge is 2.03. The van der Waals surface area contributed by atoms with Gasteiger partial charge in [-0.3, -0.25) is 9.89 Å². The van der Waals surface area contributed by atoms with Crippen LogP contribution in [0.4, 0.5) is 0 Å². The molecule has 66 valence electrons. The summed E-state index contributed by atoms with van der Waals surface area (Å²) in [5, 5.41) is 15.1. The second-order valence-electron chi connectivity index (χ2n) is 2.71. The summed E-state index contributed by atoms with van der Waals surface area (Å²) in [6, 6.07) is 1.80. The SMILES string of the molecule is CCCc1cc(CC(=O)O)[nH]n1. The van der Waals surface area contributed by atoms with Crippen LogP contribution >= 0.6 is 0 Å². The van der Waals surface area contributed by atoms with E-state index in [9.17, 15) is 4.79 Å². The number of aromatic nitrogens is 2. The van der Waals surface area contributed by atoms with Crippen molar-refractivity contribution in [2.24, 2.45) is 0 Å². The summed E-state index contributed by atoms with van der Waals surface area (Å²) in [7, 11) is 0. The molecule has 0 aliphatic heterocycles. The summed E-state index contributed by atoms with van der Waals surface area (Å²) in [5.74, 6) is -0.832. The van der Waals surface area contributed by atoms with Crippen LogP contribution in [0.2, 0.25) is 0 Å². The molecular weight excluding hydrogens is 156 g/mol. The Morgan fingerprint density at radius 1 is 1.75 bits per heavy atom.